The molecule has 0 amide bonds. The summed E-state index contributed by atoms with van der Waals surface area (Å²) in [4.78, 5) is 4.41. The molecular formula is C21H20ClF5N2. The maximum Gasteiger partial charge on any atom is 0.419 e. The molecule has 0 bridgehead atoms. The van der Waals surface area contributed by atoms with E-state index < -0.39 is 29.3 Å². The first-order chi connectivity index (χ1) is 13.4. The van der Waals surface area contributed by atoms with E-state index in [0.29, 0.717) is 5.02 Å². The molecule has 0 saturated carbocycles. The molecule has 0 radical (unpaired) electrons. The molecule has 1 aromatic heterocycles. The van der Waals surface area contributed by atoms with E-state index in [0.717, 1.165) is 22.5 Å². The van der Waals surface area contributed by atoms with Crippen LogP contribution in [0.4, 0.5) is 27.6 Å². The lowest BCUT2D eigenvalue weighted by molar-refractivity contribution is -0.140. The Labute approximate surface area is 170 Å². The van der Waals surface area contributed by atoms with E-state index in [1.165, 1.54) is 19.0 Å². The van der Waals surface area contributed by atoms with Crippen LogP contribution in [0, 0.1) is 11.6 Å². The maximum atomic E-state index is 14.6. The number of nitrogens with one attached hydrogen (secondary N) is 1. The van der Waals surface area contributed by atoms with Gasteiger partial charge in [-0.1, -0.05) is 25.4 Å². The zero-order valence-corrected chi connectivity index (χ0v) is 17.0. The van der Waals surface area contributed by atoms with Gasteiger partial charge in [-0.25, -0.2) is 8.78 Å². The van der Waals surface area contributed by atoms with Crippen LogP contribution in [0.2, 0.25) is 5.02 Å². The smallest absolute Gasteiger partial charge is 0.375 e. The number of rotatable bonds is 4. The second kappa shape index (κ2) is 7.52. The average Bonchev–Trinajstić information content (AvgIpc) is 3.04. The van der Waals surface area contributed by atoms with Gasteiger partial charge in [0.05, 0.1) is 11.3 Å². The molecule has 3 rings (SSSR count). The van der Waals surface area contributed by atoms with Crippen LogP contribution in [0.1, 0.15) is 42.4 Å². The summed E-state index contributed by atoms with van der Waals surface area (Å²) in [5.74, 6) is -4.22. The van der Waals surface area contributed by atoms with E-state index in [-0.39, 0.29) is 17.2 Å². The van der Waals surface area contributed by atoms with E-state index in [4.69, 9.17) is 11.6 Å². The van der Waals surface area contributed by atoms with Crippen LogP contribution in [0.3, 0.4) is 0 Å². The monoisotopic (exact) mass is 430 g/mol. The summed E-state index contributed by atoms with van der Waals surface area (Å²) in [5.41, 5.74) is -0.0370. The Bertz CT molecular complexity index is 1060. The van der Waals surface area contributed by atoms with Crippen molar-refractivity contribution in [3.63, 3.8) is 0 Å². The van der Waals surface area contributed by atoms with Crippen molar-refractivity contribution in [2.24, 2.45) is 0 Å². The Hall–Kier alpha value is -2.28. The molecule has 1 N–H and O–H groups in total. The molecule has 2 atom stereocenters. The van der Waals surface area contributed by atoms with E-state index in [9.17, 15) is 22.0 Å². The predicted molar refractivity (Wildman–Crippen MR) is 106 cm³/mol. The Balaban J connectivity index is 2.17. The van der Waals surface area contributed by atoms with Gasteiger partial charge in [0.2, 0.25) is 0 Å². The molecule has 1 heterocycles. The lowest BCUT2D eigenvalue weighted by atomic mass is 9.82. The van der Waals surface area contributed by atoms with E-state index in [1.54, 1.807) is 25.3 Å². The molecule has 0 aliphatic heterocycles. The molecule has 3 aromatic rings. The van der Waals surface area contributed by atoms with Gasteiger partial charge in [-0.05, 0) is 47.2 Å². The highest BCUT2D eigenvalue weighted by Crippen LogP contribution is 2.44. The third kappa shape index (κ3) is 3.80. The van der Waals surface area contributed by atoms with Gasteiger partial charge < -0.3 is 9.88 Å². The van der Waals surface area contributed by atoms with Crippen LogP contribution in [-0.2, 0) is 6.18 Å². The summed E-state index contributed by atoms with van der Waals surface area (Å²) in [7, 11) is 2.94. The maximum absolute atomic E-state index is 14.6. The summed E-state index contributed by atoms with van der Waals surface area (Å²) in [6.07, 6.45) is -3.23. The van der Waals surface area contributed by atoms with Gasteiger partial charge in [0.1, 0.15) is 0 Å². The van der Waals surface area contributed by atoms with Gasteiger partial charge in [-0.15, -0.1) is 0 Å². The minimum Gasteiger partial charge on any atom is -0.375 e. The van der Waals surface area contributed by atoms with Gasteiger partial charge in [0.15, 0.2) is 11.6 Å². The number of alkyl halides is 3. The Kier molecular flexibility index (Phi) is 5.56. The first kappa shape index (κ1) is 21.4. The molecule has 0 fully saturated rings. The Morgan fingerprint density at radius 2 is 1.59 bits per heavy atom. The van der Waals surface area contributed by atoms with E-state index in [1.807, 2.05) is 13.0 Å². The number of hydrogen-bond acceptors (Lipinski definition) is 1. The van der Waals surface area contributed by atoms with Crippen LogP contribution >= 0.6 is 11.6 Å². The molecule has 0 aliphatic carbocycles. The van der Waals surface area contributed by atoms with Gasteiger partial charge in [0, 0.05) is 36.2 Å². The van der Waals surface area contributed by atoms with Crippen molar-refractivity contribution in [3.05, 3.63) is 63.8 Å². The summed E-state index contributed by atoms with van der Waals surface area (Å²) in [5, 5.41) is 1.36. The van der Waals surface area contributed by atoms with Gasteiger partial charge in [0.25, 0.3) is 0 Å². The standard InChI is InChI=1S/C21H20ClF5N2/c1-10(11(2)15-9-28-17-6-5-12(22)7-14(15)17)13-8-16(21(25,26)27)18(23)19(24)20(13)29(3)4/h5-11,28H,1-4H3. The molecule has 29 heavy (non-hydrogen) atoms. The van der Waals surface area contributed by atoms with Crippen LogP contribution in [0.15, 0.2) is 30.5 Å². The lowest BCUT2D eigenvalue weighted by Gasteiger charge is -2.28. The minimum atomic E-state index is -5.00. The molecule has 2 nitrogen and oxygen atoms in total. The third-order valence-corrected chi connectivity index (χ3v) is 5.60. The highest BCUT2D eigenvalue weighted by molar-refractivity contribution is 6.31. The number of benzene rings is 2. The van der Waals surface area contributed by atoms with Gasteiger partial charge >= 0.3 is 6.18 Å². The van der Waals surface area contributed by atoms with Crippen molar-refractivity contribution in [3.8, 4) is 0 Å². The fourth-order valence-corrected chi connectivity index (χ4v) is 3.85. The fourth-order valence-electron chi connectivity index (χ4n) is 3.67. The number of hydrogen-bond donors (Lipinski definition) is 1. The summed E-state index contributed by atoms with van der Waals surface area (Å²) in [6, 6.07) is 6.03. The zero-order valence-electron chi connectivity index (χ0n) is 16.3. The second-order valence-corrected chi connectivity index (χ2v) is 7.83. The van der Waals surface area contributed by atoms with Gasteiger partial charge in [-0.2, -0.15) is 13.2 Å². The third-order valence-electron chi connectivity index (χ3n) is 5.37. The highest BCUT2D eigenvalue weighted by Gasteiger charge is 2.38. The minimum absolute atomic E-state index is 0.0881. The van der Waals surface area contributed by atoms with Crippen LogP contribution in [0.5, 0.6) is 0 Å². The molecule has 8 heteroatoms. The molecule has 2 aromatic carbocycles. The molecule has 2 unspecified atom stereocenters. The molecule has 0 aliphatic rings. The number of aromatic nitrogens is 1. The lowest BCUT2D eigenvalue weighted by Crippen LogP contribution is -2.20. The van der Waals surface area contributed by atoms with Crippen LogP contribution < -0.4 is 4.90 Å². The van der Waals surface area contributed by atoms with Gasteiger partial charge in [-0.3, -0.25) is 0 Å². The SMILES string of the molecule is CC(c1cc(C(F)(F)F)c(F)c(F)c1N(C)C)C(C)c1c[nH]c2ccc(Cl)cc12. The number of anilines is 1. The number of aromatic amines is 1. The van der Waals surface area contributed by atoms with Crippen molar-refractivity contribution in [1.29, 1.82) is 0 Å². The number of H-pyrrole nitrogens is 1. The highest BCUT2D eigenvalue weighted by atomic mass is 35.5. The summed E-state index contributed by atoms with van der Waals surface area (Å²) < 4.78 is 68.7. The Morgan fingerprint density at radius 3 is 2.17 bits per heavy atom. The first-order valence-electron chi connectivity index (χ1n) is 8.96. The molecule has 0 saturated heterocycles. The number of fused-ring (bicyclic) bond motifs is 1. The second-order valence-electron chi connectivity index (χ2n) is 7.39. The predicted octanol–water partition coefficient (Wildman–Crippen LogP) is 7.09. The quantitative estimate of drug-likeness (QED) is 0.438. The summed E-state index contributed by atoms with van der Waals surface area (Å²) in [6.45, 7) is 3.54. The molecule has 156 valence electrons. The van der Waals surface area contributed by atoms with Crippen molar-refractivity contribution < 1.29 is 22.0 Å². The van der Waals surface area contributed by atoms with Crippen molar-refractivity contribution in [2.75, 3.05) is 19.0 Å². The average molecular weight is 431 g/mol. The summed E-state index contributed by atoms with van der Waals surface area (Å²) >= 11 is 6.09. The first-order valence-corrected chi connectivity index (χ1v) is 9.34. The normalized spacial score (nSPS) is 14.3. The van der Waals surface area contributed by atoms with Crippen molar-refractivity contribution in [2.45, 2.75) is 31.9 Å². The van der Waals surface area contributed by atoms with E-state index >= 15 is 0 Å². The molecular weight excluding hydrogens is 411 g/mol. The van der Waals surface area contributed by atoms with E-state index in [2.05, 4.69) is 4.98 Å². The fraction of sp³-hybridized carbons (Fsp3) is 0.333. The molecule has 0 spiro atoms. The number of halogens is 6. The van der Waals surface area contributed by atoms with Crippen molar-refractivity contribution in [1.82, 2.24) is 4.98 Å². The van der Waals surface area contributed by atoms with Crippen LogP contribution in [-0.4, -0.2) is 19.1 Å². The largest absolute Gasteiger partial charge is 0.419 e. The van der Waals surface area contributed by atoms with Crippen LogP contribution in [0.25, 0.3) is 10.9 Å². The zero-order chi connectivity index (χ0) is 21.7. The topological polar surface area (TPSA) is 19.0 Å². The number of nitrogens with zero attached hydrogens (tertiary/aromatic N) is 1. The Morgan fingerprint density at radius 1 is 0.966 bits per heavy atom. The van der Waals surface area contributed by atoms with Crippen molar-refractivity contribution >= 4 is 28.2 Å².